The summed E-state index contributed by atoms with van der Waals surface area (Å²) in [6.45, 7) is 1.81. The Morgan fingerprint density at radius 2 is 1.81 bits per heavy atom. The number of anilines is 3. The largest absolute Gasteiger partial charge is 0.394 e. The molecular weight excluding hydrogens is 334 g/mol. The average Bonchev–Trinajstić information content (AvgIpc) is 2.90. The van der Waals surface area contributed by atoms with Crippen molar-refractivity contribution in [2.75, 3.05) is 42.6 Å². The fraction of sp³-hybridized carbons (Fsp3) is 0.278. The summed E-state index contributed by atoms with van der Waals surface area (Å²) in [5.74, 6) is -0.274. The highest BCUT2D eigenvalue weighted by atomic mass is 16.5. The molecule has 1 aromatic carbocycles. The summed E-state index contributed by atoms with van der Waals surface area (Å²) in [5.41, 5.74) is 13.9. The maximum absolute atomic E-state index is 12.5. The molecule has 0 aliphatic carbocycles. The van der Waals surface area contributed by atoms with E-state index in [0.29, 0.717) is 36.5 Å². The van der Waals surface area contributed by atoms with Crippen LogP contribution >= 0.6 is 0 Å². The van der Waals surface area contributed by atoms with Gasteiger partial charge in [0, 0.05) is 19.3 Å². The van der Waals surface area contributed by atoms with Crippen molar-refractivity contribution in [3.63, 3.8) is 0 Å². The SMILES string of the molecule is Nc1nccc(N2CCOC(CN3C(=O)c4ccccc4C3=O)C2)c1N. The molecule has 26 heavy (non-hydrogen) atoms. The number of nitrogens with two attached hydrogens (primary N) is 2. The number of hydrogen-bond donors (Lipinski definition) is 2. The Hall–Kier alpha value is -3.13. The van der Waals surface area contributed by atoms with E-state index in [0.717, 1.165) is 5.69 Å². The van der Waals surface area contributed by atoms with Gasteiger partial charge in [0.2, 0.25) is 0 Å². The van der Waals surface area contributed by atoms with E-state index in [2.05, 4.69) is 4.98 Å². The van der Waals surface area contributed by atoms with Crippen molar-refractivity contribution in [2.24, 2.45) is 0 Å². The van der Waals surface area contributed by atoms with Gasteiger partial charge >= 0.3 is 0 Å². The van der Waals surface area contributed by atoms with Crippen LogP contribution in [0.2, 0.25) is 0 Å². The van der Waals surface area contributed by atoms with Crippen LogP contribution in [0.1, 0.15) is 20.7 Å². The fourth-order valence-corrected chi connectivity index (χ4v) is 3.41. The molecule has 1 aromatic heterocycles. The second kappa shape index (κ2) is 6.30. The highest BCUT2D eigenvalue weighted by Gasteiger charge is 2.37. The molecule has 2 aliphatic rings. The smallest absolute Gasteiger partial charge is 0.261 e. The van der Waals surface area contributed by atoms with Crippen LogP contribution in [0.3, 0.4) is 0 Å². The van der Waals surface area contributed by atoms with E-state index in [4.69, 9.17) is 16.2 Å². The molecule has 2 aliphatic heterocycles. The second-order valence-electron chi connectivity index (χ2n) is 6.33. The van der Waals surface area contributed by atoms with Crippen LogP contribution in [0.25, 0.3) is 0 Å². The monoisotopic (exact) mass is 353 g/mol. The maximum Gasteiger partial charge on any atom is 0.261 e. The van der Waals surface area contributed by atoms with E-state index >= 15 is 0 Å². The van der Waals surface area contributed by atoms with Crippen molar-refractivity contribution in [1.29, 1.82) is 0 Å². The van der Waals surface area contributed by atoms with Gasteiger partial charge in [-0.05, 0) is 18.2 Å². The van der Waals surface area contributed by atoms with Crippen LogP contribution in [0, 0.1) is 0 Å². The van der Waals surface area contributed by atoms with Crippen molar-refractivity contribution < 1.29 is 14.3 Å². The number of ether oxygens (including phenoxy) is 1. The van der Waals surface area contributed by atoms with Crippen LogP contribution < -0.4 is 16.4 Å². The van der Waals surface area contributed by atoms with Crippen molar-refractivity contribution in [2.45, 2.75) is 6.10 Å². The fourth-order valence-electron chi connectivity index (χ4n) is 3.41. The summed E-state index contributed by atoms with van der Waals surface area (Å²) in [6.07, 6.45) is 1.30. The van der Waals surface area contributed by atoms with E-state index in [1.807, 2.05) is 4.90 Å². The number of benzene rings is 1. The minimum absolute atomic E-state index is 0.198. The molecule has 0 spiro atoms. The molecule has 4 N–H and O–H groups in total. The minimum Gasteiger partial charge on any atom is -0.394 e. The lowest BCUT2D eigenvalue weighted by Crippen LogP contribution is -2.49. The summed E-state index contributed by atoms with van der Waals surface area (Å²) in [7, 11) is 0. The minimum atomic E-state index is -0.306. The first-order chi connectivity index (χ1) is 12.6. The molecule has 1 atom stereocenters. The molecule has 2 amide bonds. The van der Waals surface area contributed by atoms with Crippen molar-refractivity contribution in [3.05, 3.63) is 47.7 Å². The number of imide groups is 1. The Morgan fingerprint density at radius 3 is 2.50 bits per heavy atom. The zero-order valence-corrected chi connectivity index (χ0v) is 14.1. The number of nitrogens with zero attached hydrogens (tertiary/aromatic N) is 3. The number of hydrogen-bond acceptors (Lipinski definition) is 7. The van der Waals surface area contributed by atoms with Crippen LogP contribution in [-0.2, 0) is 4.74 Å². The number of fused-ring (bicyclic) bond motifs is 1. The summed E-state index contributed by atoms with van der Waals surface area (Å²) in [6, 6.07) is 8.65. The number of carbonyl (C=O) groups is 2. The van der Waals surface area contributed by atoms with Gasteiger partial charge in [-0.1, -0.05) is 12.1 Å². The van der Waals surface area contributed by atoms with Gasteiger partial charge in [-0.25, -0.2) is 4.98 Å². The van der Waals surface area contributed by atoms with Crippen LogP contribution in [-0.4, -0.2) is 54.0 Å². The summed E-state index contributed by atoms with van der Waals surface area (Å²) in [4.78, 5) is 32.3. The lowest BCUT2D eigenvalue weighted by molar-refractivity contribution is 0.0168. The standard InChI is InChI=1S/C18H19N5O3/c19-15-14(5-6-21-16(15)20)22-7-8-26-11(9-22)10-23-17(24)12-3-1-2-4-13(12)18(23)25/h1-6,11H,7-10,19H2,(H2,20,21). The lowest BCUT2D eigenvalue weighted by Gasteiger charge is -2.36. The number of rotatable bonds is 3. The predicted molar refractivity (Wildman–Crippen MR) is 96.8 cm³/mol. The first-order valence-corrected chi connectivity index (χ1v) is 8.38. The normalized spacial score (nSPS) is 19.8. The molecule has 134 valence electrons. The number of morpholine rings is 1. The highest BCUT2D eigenvalue weighted by molar-refractivity contribution is 6.21. The zero-order chi connectivity index (χ0) is 18.3. The molecule has 0 radical (unpaired) electrons. The zero-order valence-electron chi connectivity index (χ0n) is 14.1. The quantitative estimate of drug-likeness (QED) is 0.782. The first-order valence-electron chi connectivity index (χ1n) is 8.38. The molecule has 1 fully saturated rings. The molecule has 1 saturated heterocycles. The lowest BCUT2D eigenvalue weighted by atomic mass is 10.1. The Kier molecular flexibility index (Phi) is 3.96. The van der Waals surface area contributed by atoms with Crippen molar-refractivity contribution in [3.8, 4) is 0 Å². The molecule has 0 saturated carbocycles. The number of amides is 2. The third-order valence-corrected chi connectivity index (χ3v) is 4.74. The molecule has 8 heteroatoms. The van der Waals surface area contributed by atoms with Gasteiger partial charge in [0.1, 0.15) is 5.82 Å². The average molecular weight is 353 g/mol. The molecule has 2 aromatic rings. The van der Waals surface area contributed by atoms with Gasteiger partial charge in [-0.15, -0.1) is 0 Å². The summed E-state index contributed by atoms with van der Waals surface area (Å²) >= 11 is 0. The summed E-state index contributed by atoms with van der Waals surface area (Å²) < 4.78 is 5.78. The molecule has 3 heterocycles. The number of pyridine rings is 1. The predicted octanol–water partition coefficient (Wildman–Crippen LogP) is 0.747. The molecule has 1 unspecified atom stereocenters. The Labute approximate surface area is 150 Å². The van der Waals surface area contributed by atoms with Gasteiger partial charge in [0.25, 0.3) is 11.8 Å². The highest BCUT2D eigenvalue weighted by Crippen LogP contribution is 2.29. The van der Waals surface area contributed by atoms with E-state index in [1.54, 1.807) is 36.5 Å². The third-order valence-electron chi connectivity index (χ3n) is 4.74. The van der Waals surface area contributed by atoms with Crippen LogP contribution in [0.15, 0.2) is 36.5 Å². The van der Waals surface area contributed by atoms with E-state index in [9.17, 15) is 9.59 Å². The van der Waals surface area contributed by atoms with Gasteiger partial charge in [0.15, 0.2) is 0 Å². The topological polar surface area (TPSA) is 115 Å². The number of nitrogen functional groups attached to an aromatic ring is 2. The molecular formula is C18H19N5O3. The molecule has 4 rings (SSSR count). The Bertz CT molecular complexity index is 850. The van der Waals surface area contributed by atoms with E-state index in [1.165, 1.54) is 4.90 Å². The van der Waals surface area contributed by atoms with Gasteiger partial charge in [-0.3, -0.25) is 14.5 Å². The van der Waals surface area contributed by atoms with E-state index in [-0.39, 0.29) is 30.3 Å². The molecule has 8 nitrogen and oxygen atoms in total. The Morgan fingerprint density at radius 1 is 1.12 bits per heavy atom. The molecule has 0 bridgehead atoms. The first kappa shape index (κ1) is 16.3. The van der Waals surface area contributed by atoms with Gasteiger partial charge < -0.3 is 21.1 Å². The summed E-state index contributed by atoms with van der Waals surface area (Å²) in [5, 5.41) is 0. The number of aromatic nitrogens is 1. The van der Waals surface area contributed by atoms with Gasteiger partial charge in [0.05, 0.1) is 41.8 Å². The van der Waals surface area contributed by atoms with Crippen LogP contribution in [0.4, 0.5) is 17.2 Å². The van der Waals surface area contributed by atoms with E-state index < -0.39 is 0 Å². The van der Waals surface area contributed by atoms with Crippen LogP contribution in [0.5, 0.6) is 0 Å². The van der Waals surface area contributed by atoms with Crippen molar-refractivity contribution in [1.82, 2.24) is 9.88 Å². The van der Waals surface area contributed by atoms with Gasteiger partial charge in [-0.2, -0.15) is 0 Å². The third kappa shape index (κ3) is 2.64. The maximum atomic E-state index is 12.5. The van der Waals surface area contributed by atoms with Crippen molar-refractivity contribution >= 4 is 29.0 Å². The number of carbonyl (C=O) groups excluding carboxylic acids is 2. The Balaban J connectivity index is 1.50. The second-order valence-corrected chi connectivity index (χ2v) is 6.33.